The van der Waals surface area contributed by atoms with Crippen molar-refractivity contribution in [1.29, 1.82) is 0 Å². The minimum atomic E-state index is -0.436. The Balaban J connectivity index is 1.89. The van der Waals surface area contributed by atoms with E-state index in [-0.39, 0.29) is 17.0 Å². The van der Waals surface area contributed by atoms with Gasteiger partial charge in [-0.2, -0.15) is 0 Å². The fourth-order valence-corrected chi connectivity index (χ4v) is 2.57. The van der Waals surface area contributed by atoms with Crippen LogP contribution in [0.4, 0.5) is 10.2 Å². The molecule has 0 bridgehead atoms. The lowest BCUT2D eigenvalue weighted by molar-refractivity contribution is 0.310. The molecule has 0 radical (unpaired) electrons. The van der Waals surface area contributed by atoms with E-state index in [4.69, 9.17) is 17.3 Å². The highest BCUT2D eigenvalue weighted by Crippen LogP contribution is 2.28. The van der Waals surface area contributed by atoms with Gasteiger partial charge in [-0.15, -0.1) is 0 Å². The maximum atomic E-state index is 14.1. The van der Waals surface area contributed by atoms with Crippen molar-refractivity contribution in [2.75, 3.05) is 5.73 Å². The first-order chi connectivity index (χ1) is 11.6. The van der Waals surface area contributed by atoms with Crippen LogP contribution >= 0.6 is 11.6 Å². The Hall–Kier alpha value is -3.07. The summed E-state index contributed by atoms with van der Waals surface area (Å²) in [5.41, 5.74) is 13.4. The van der Waals surface area contributed by atoms with Crippen molar-refractivity contribution in [3.05, 3.63) is 47.0 Å². The monoisotopic (exact) mass is 347 g/mol. The Morgan fingerprint density at radius 2 is 2.12 bits per heavy atom. The predicted octanol–water partition coefficient (Wildman–Crippen LogP) is 1.88. The third-order valence-electron chi connectivity index (χ3n) is 3.56. The molecule has 3 heterocycles. The van der Waals surface area contributed by atoms with Crippen LogP contribution in [-0.2, 0) is 6.54 Å². The van der Waals surface area contributed by atoms with Gasteiger partial charge in [0, 0.05) is 0 Å². The maximum Gasteiger partial charge on any atom is 0.199 e. The molecule has 3 aromatic rings. The van der Waals surface area contributed by atoms with E-state index in [1.54, 1.807) is 28.9 Å². The molecule has 0 aliphatic carbocycles. The largest absolute Gasteiger partial charge is 0.379 e. The lowest BCUT2D eigenvalue weighted by Crippen LogP contribution is -2.32. The van der Waals surface area contributed by atoms with E-state index in [0.29, 0.717) is 23.0 Å². The van der Waals surface area contributed by atoms with Crippen molar-refractivity contribution in [2.45, 2.75) is 6.54 Å². The van der Waals surface area contributed by atoms with Crippen molar-refractivity contribution >= 4 is 28.5 Å². The zero-order chi connectivity index (χ0) is 16.7. The van der Waals surface area contributed by atoms with E-state index in [0.717, 1.165) is 5.70 Å². The van der Waals surface area contributed by atoms with E-state index in [2.05, 4.69) is 30.8 Å². The first-order valence-corrected chi connectivity index (χ1v) is 7.33. The number of para-hydroxylation sites is 1. The lowest BCUT2D eigenvalue weighted by Gasteiger charge is -2.17. The average molecular weight is 348 g/mol. The Labute approximate surface area is 139 Å². The van der Waals surface area contributed by atoms with Crippen LogP contribution in [0, 0.1) is 5.82 Å². The van der Waals surface area contributed by atoms with E-state index in [9.17, 15) is 4.39 Å². The molecule has 1 aliphatic rings. The minimum Gasteiger partial charge on any atom is -0.379 e. The summed E-state index contributed by atoms with van der Waals surface area (Å²) in [7, 11) is 0. The highest BCUT2D eigenvalue weighted by molar-refractivity contribution is 6.29. The van der Waals surface area contributed by atoms with Gasteiger partial charge < -0.3 is 15.7 Å². The molecule has 0 atom stereocenters. The molecule has 0 saturated heterocycles. The van der Waals surface area contributed by atoms with Gasteiger partial charge in [0.25, 0.3) is 0 Å². The average Bonchev–Trinajstić information content (AvgIpc) is 3.14. The highest BCUT2D eigenvalue weighted by atomic mass is 35.5. The fraction of sp³-hybridized carbons (Fsp3) is 0.0714. The Bertz CT molecular complexity index is 990. The van der Waals surface area contributed by atoms with Gasteiger partial charge in [-0.1, -0.05) is 17.7 Å². The molecule has 0 amide bonds. The van der Waals surface area contributed by atoms with Crippen molar-refractivity contribution in [1.82, 2.24) is 30.7 Å². The van der Waals surface area contributed by atoms with Crippen molar-refractivity contribution in [3.63, 3.8) is 0 Å². The number of benzene rings is 1. The van der Waals surface area contributed by atoms with Crippen LogP contribution in [0.25, 0.3) is 22.6 Å². The van der Waals surface area contributed by atoms with Gasteiger partial charge in [0.2, 0.25) is 0 Å². The van der Waals surface area contributed by atoms with Crippen molar-refractivity contribution < 1.29 is 9.02 Å². The maximum absolute atomic E-state index is 14.1. The third kappa shape index (κ3) is 2.35. The SMILES string of the molecule is Nc1nonc1-c1nc2c(F)cccc2n1CC1=CC=C(Cl)NN1. The first kappa shape index (κ1) is 14.5. The third-order valence-corrected chi connectivity index (χ3v) is 3.78. The van der Waals surface area contributed by atoms with Crippen LogP contribution in [0.15, 0.2) is 45.8 Å². The van der Waals surface area contributed by atoms with Gasteiger partial charge in [-0.05, 0) is 34.6 Å². The predicted molar refractivity (Wildman–Crippen MR) is 85.7 cm³/mol. The van der Waals surface area contributed by atoms with Crippen LogP contribution in [0.3, 0.4) is 0 Å². The number of fused-ring (bicyclic) bond motifs is 1. The quantitative estimate of drug-likeness (QED) is 0.621. The summed E-state index contributed by atoms with van der Waals surface area (Å²) in [6.45, 7) is 0.356. The standard InChI is InChI=1S/C14H11ClFN7O/c15-10-5-4-7(19-20-10)6-23-9-3-1-2-8(16)11(9)18-14(23)12-13(17)22-24-21-12/h1-5,19-20H,6H2,(H2,17,22). The topological polar surface area (TPSA) is 107 Å². The second kappa shape index (κ2) is 5.53. The number of nitrogens with zero attached hydrogens (tertiary/aromatic N) is 4. The number of nitrogens with one attached hydrogen (secondary N) is 2. The molecule has 1 aromatic carbocycles. The molecule has 2 aromatic heterocycles. The summed E-state index contributed by atoms with van der Waals surface area (Å²) in [6, 6.07) is 4.72. The molecule has 122 valence electrons. The normalized spacial score (nSPS) is 14.1. The summed E-state index contributed by atoms with van der Waals surface area (Å²) in [5, 5.41) is 7.79. The summed E-state index contributed by atoms with van der Waals surface area (Å²) >= 11 is 5.84. The molecule has 4 N–H and O–H groups in total. The summed E-state index contributed by atoms with van der Waals surface area (Å²) < 4.78 is 20.5. The highest BCUT2D eigenvalue weighted by Gasteiger charge is 2.21. The number of rotatable bonds is 3. The van der Waals surface area contributed by atoms with Crippen LogP contribution in [0.5, 0.6) is 0 Å². The Morgan fingerprint density at radius 3 is 2.83 bits per heavy atom. The second-order valence-electron chi connectivity index (χ2n) is 5.08. The van der Waals surface area contributed by atoms with Gasteiger partial charge >= 0.3 is 0 Å². The molecule has 10 heteroatoms. The van der Waals surface area contributed by atoms with Crippen LogP contribution in [-0.4, -0.2) is 19.9 Å². The molecule has 0 spiro atoms. The van der Waals surface area contributed by atoms with Gasteiger partial charge in [-0.3, -0.25) is 5.43 Å². The number of imidazole rings is 1. The number of nitrogen functional groups attached to an aromatic ring is 1. The zero-order valence-electron chi connectivity index (χ0n) is 12.1. The molecule has 24 heavy (non-hydrogen) atoms. The zero-order valence-corrected chi connectivity index (χ0v) is 12.9. The number of halogens is 2. The van der Waals surface area contributed by atoms with Gasteiger partial charge in [0.1, 0.15) is 10.7 Å². The molecule has 4 rings (SSSR count). The van der Waals surface area contributed by atoms with Gasteiger partial charge in [0.15, 0.2) is 23.2 Å². The number of nitrogens with two attached hydrogens (primary N) is 1. The fourth-order valence-electron chi connectivity index (χ4n) is 2.46. The van der Waals surface area contributed by atoms with E-state index < -0.39 is 5.82 Å². The Morgan fingerprint density at radius 1 is 1.25 bits per heavy atom. The van der Waals surface area contributed by atoms with Crippen LogP contribution < -0.4 is 16.6 Å². The first-order valence-electron chi connectivity index (χ1n) is 6.95. The number of anilines is 1. The number of allylic oxidation sites excluding steroid dienone is 3. The number of hydrogen-bond donors (Lipinski definition) is 3. The van der Waals surface area contributed by atoms with Gasteiger partial charge in [0.05, 0.1) is 17.8 Å². The molecular formula is C14H11ClFN7O. The summed E-state index contributed by atoms with van der Waals surface area (Å²) in [6.07, 6.45) is 3.51. The molecule has 0 unspecified atom stereocenters. The van der Waals surface area contributed by atoms with Crippen molar-refractivity contribution in [2.24, 2.45) is 0 Å². The van der Waals surface area contributed by atoms with E-state index in [1.165, 1.54) is 6.07 Å². The molecule has 0 saturated carbocycles. The van der Waals surface area contributed by atoms with Gasteiger partial charge in [-0.25, -0.2) is 14.0 Å². The number of hydrazine groups is 1. The molecule has 1 aliphatic heterocycles. The minimum absolute atomic E-state index is 0.0820. The smallest absolute Gasteiger partial charge is 0.199 e. The number of aromatic nitrogens is 4. The van der Waals surface area contributed by atoms with E-state index in [1.807, 2.05) is 0 Å². The molecular weight excluding hydrogens is 337 g/mol. The van der Waals surface area contributed by atoms with E-state index >= 15 is 0 Å². The molecule has 8 nitrogen and oxygen atoms in total. The Kier molecular flexibility index (Phi) is 3.35. The van der Waals surface area contributed by atoms with Crippen LogP contribution in [0.2, 0.25) is 0 Å². The van der Waals surface area contributed by atoms with Crippen LogP contribution in [0.1, 0.15) is 0 Å². The summed E-state index contributed by atoms with van der Waals surface area (Å²) in [5.74, 6) is 0.00462. The summed E-state index contributed by atoms with van der Waals surface area (Å²) in [4.78, 5) is 4.32. The number of hydrogen-bond acceptors (Lipinski definition) is 7. The lowest BCUT2D eigenvalue weighted by atomic mass is 10.3. The molecule has 0 fully saturated rings. The second-order valence-corrected chi connectivity index (χ2v) is 5.49. The van der Waals surface area contributed by atoms with Crippen molar-refractivity contribution in [3.8, 4) is 11.5 Å².